The second-order valence-electron chi connectivity index (χ2n) is 2.81. The Morgan fingerprint density at radius 2 is 2.25 bits per heavy atom. The van der Waals surface area contributed by atoms with Crippen molar-refractivity contribution < 1.29 is 4.74 Å². The van der Waals surface area contributed by atoms with Gasteiger partial charge in [0.2, 0.25) is 0 Å². The van der Waals surface area contributed by atoms with Gasteiger partial charge in [0.25, 0.3) is 0 Å². The first-order valence-electron chi connectivity index (χ1n) is 4.02. The molecule has 0 N–H and O–H groups in total. The maximum Gasteiger partial charge on any atom is 0.122 e. The van der Waals surface area contributed by atoms with Crippen LogP contribution in [0.2, 0.25) is 0 Å². The number of ether oxygens (including phenoxy) is 1. The Bertz CT molecular complexity index is 276. The average Bonchev–Trinajstić information content (AvgIpc) is 2.05. The number of hydrogen-bond acceptors (Lipinski definition) is 1. The van der Waals surface area contributed by atoms with Crippen LogP contribution in [0, 0.1) is 6.92 Å². The number of aryl methyl sites for hydroxylation is 1. The van der Waals surface area contributed by atoms with Crippen LogP contribution in [0.25, 0.3) is 0 Å². The molecule has 0 aliphatic heterocycles. The van der Waals surface area contributed by atoms with E-state index in [0.717, 1.165) is 12.2 Å². The van der Waals surface area contributed by atoms with Crippen LogP contribution in [0.5, 0.6) is 5.75 Å². The molecule has 0 aliphatic carbocycles. The molecule has 1 nitrogen and oxygen atoms in total. The van der Waals surface area contributed by atoms with E-state index >= 15 is 0 Å². The molecule has 12 heavy (non-hydrogen) atoms. The van der Waals surface area contributed by atoms with Gasteiger partial charge in [-0.15, -0.1) is 6.58 Å². The van der Waals surface area contributed by atoms with E-state index in [4.69, 9.17) is 4.74 Å². The zero-order chi connectivity index (χ0) is 8.97. The van der Waals surface area contributed by atoms with Crippen molar-refractivity contribution in [3.8, 4) is 5.75 Å². The van der Waals surface area contributed by atoms with E-state index in [1.165, 1.54) is 11.1 Å². The quantitative estimate of drug-likeness (QED) is 0.621. The van der Waals surface area contributed by atoms with Crippen molar-refractivity contribution in [2.75, 3.05) is 7.11 Å². The Morgan fingerprint density at radius 3 is 2.83 bits per heavy atom. The highest BCUT2D eigenvalue weighted by Gasteiger charge is 1.99. The molecule has 1 rings (SSSR count). The molecule has 1 aromatic rings. The third kappa shape index (κ3) is 1.88. The summed E-state index contributed by atoms with van der Waals surface area (Å²) in [5.74, 6) is 0.945. The summed E-state index contributed by atoms with van der Waals surface area (Å²) in [6.07, 6.45) is 2.75. The number of hydrogen-bond donors (Lipinski definition) is 0. The molecule has 0 radical (unpaired) electrons. The normalized spacial score (nSPS) is 9.50. The van der Waals surface area contributed by atoms with E-state index < -0.39 is 0 Å². The van der Waals surface area contributed by atoms with E-state index in [1.807, 2.05) is 18.2 Å². The molecule has 0 amide bonds. The molecule has 64 valence electrons. The summed E-state index contributed by atoms with van der Waals surface area (Å²) in [5.41, 5.74) is 2.46. The van der Waals surface area contributed by atoms with Gasteiger partial charge in [-0.25, -0.2) is 0 Å². The summed E-state index contributed by atoms with van der Waals surface area (Å²) in [7, 11) is 1.69. The van der Waals surface area contributed by atoms with Gasteiger partial charge < -0.3 is 4.74 Å². The zero-order valence-electron chi connectivity index (χ0n) is 7.63. The lowest BCUT2D eigenvalue weighted by Gasteiger charge is -2.06. The van der Waals surface area contributed by atoms with Crippen molar-refractivity contribution in [2.45, 2.75) is 13.3 Å². The van der Waals surface area contributed by atoms with Crippen LogP contribution in [-0.2, 0) is 6.42 Å². The van der Waals surface area contributed by atoms with Gasteiger partial charge in [0.15, 0.2) is 0 Å². The van der Waals surface area contributed by atoms with Crippen LogP contribution >= 0.6 is 0 Å². The van der Waals surface area contributed by atoms with E-state index in [0.29, 0.717) is 0 Å². The minimum Gasteiger partial charge on any atom is -0.496 e. The second-order valence-corrected chi connectivity index (χ2v) is 2.81. The molecule has 0 heterocycles. The van der Waals surface area contributed by atoms with Gasteiger partial charge in [-0.1, -0.05) is 23.8 Å². The molecule has 0 aromatic heterocycles. The predicted octanol–water partition coefficient (Wildman–Crippen LogP) is 2.73. The summed E-state index contributed by atoms with van der Waals surface area (Å²) >= 11 is 0. The molecule has 0 fully saturated rings. The fourth-order valence-electron chi connectivity index (χ4n) is 1.22. The van der Waals surface area contributed by atoms with Crippen LogP contribution in [0.3, 0.4) is 0 Å². The maximum atomic E-state index is 5.21. The first-order valence-corrected chi connectivity index (χ1v) is 4.02. The Hall–Kier alpha value is -1.24. The average molecular weight is 162 g/mol. The molecule has 0 saturated carbocycles. The lowest BCUT2D eigenvalue weighted by Crippen LogP contribution is -1.90. The number of methoxy groups -OCH3 is 1. The molecule has 0 spiro atoms. The van der Waals surface area contributed by atoms with Gasteiger partial charge in [0, 0.05) is 0 Å². The van der Waals surface area contributed by atoms with Gasteiger partial charge in [-0.2, -0.15) is 0 Å². The Morgan fingerprint density at radius 1 is 1.50 bits per heavy atom. The monoisotopic (exact) mass is 162 g/mol. The molecule has 0 aliphatic rings. The zero-order valence-corrected chi connectivity index (χ0v) is 7.63. The van der Waals surface area contributed by atoms with Crippen LogP contribution < -0.4 is 4.74 Å². The van der Waals surface area contributed by atoms with Crippen LogP contribution in [0.4, 0.5) is 0 Å². The Kier molecular flexibility index (Phi) is 2.92. The standard InChI is InChI=1S/C11H14O/c1-4-5-10-8-9(2)6-7-11(10)12-3/h4,6-8H,1,5H2,2-3H3. The molecule has 0 bridgehead atoms. The molecular weight excluding hydrogens is 148 g/mol. The smallest absolute Gasteiger partial charge is 0.122 e. The molecule has 0 unspecified atom stereocenters. The number of rotatable bonds is 3. The SMILES string of the molecule is C=CCc1cc(C)ccc1OC. The highest BCUT2D eigenvalue weighted by atomic mass is 16.5. The van der Waals surface area contributed by atoms with Crippen molar-refractivity contribution in [3.63, 3.8) is 0 Å². The largest absolute Gasteiger partial charge is 0.496 e. The Balaban J connectivity index is 3.03. The topological polar surface area (TPSA) is 9.23 Å². The highest BCUT2D eigenvalue weighted by Crippen LogP contribution is 2.19. The minimum absolute atomic E-state index is 0.866. The van der Waals surface area contributed by atoms with Gasteiger partial charge >= 0.3 is 0 Å². The van der Waals surface area contributed by atoms with Crippen molar-refractivity contribution in [1.29, 1.82) is 0 Å². The maximum absolute atomic E-state index is 5.21. The van der Waals surface area contributed by atoms with Crippen LogP contribution in [0.1, 0.15) is 11.1 Å². The van der Waals surface area contributed by atoms with E-state index in [1.54, 1.807) is 7.11 Å². The lowest BCUT2D eigenvalue weighted by molar-refractivity contribution is 0.410. The van der Waals surface area contributed by atoms with Crippen molar-refractivity contribution in [1.82, 2.24) is 0 Å². The molecule has 0 atom stereocenters. The van der Waals surface area contributed by atoms with E-state index in [9.17, 15) is 0 Å². The molecule has 1 aromatic carbocycles. The first kappa shape index (κ1) is 8.85. The van der Waals surface area contributed by atoms with Crippen LogP contribution in [-0.4, -0.2) is 7.11 Å². The predicted molar refractivity (Wildman–Crippen MR) is 51.6 cm³/mol. The summed E-state index contributed by atoms with van der Waals surface area (Å²) in [5, 5.41) is 0. The van der Waals surface area contributed by atoms with Crippen LogP contribution in [0.15, 0.2) is 30.9 Å². The minimum atomic E-state index is 0.866. The lowest BCUT2D eigenvalue weighted by atomic mass is 10.1. The van der Waals surface area contributed by atoms with Gasteiger partial charge in [-0.05, 0) is 25.0 Å². The van der Waals surface area contributed by atoms with Gasteiger partial charge in [0.1, 0.15) is 5.75 Å². The van der Waals surface area contributed by atoms with Crippen molar-refractivity contribution in [2.24, 2.45) is 0 Å². The van der Waals surface area contributed by atoms with Crippen molar-refractivity contribution >= 4 is 0 Å². The second kappa shape index (κ2) is 3.96. The van der Waals surface area contributed by atoms with Gasteiger partial charge in [0.05, 0.1) is 7.11 Å². The third-order valence-corrected chi connectivity index (χ3v) is 1.80. The number of benzene rings is 1. The first-order chi connectivity index (χ1) is 5.77. The summed E-state index contributed by atoms with van der Waals surface area (Å²) < 4.78 is 5.21. The van der Waals surface area contributed by atoms with E-state index in [-0.39, 0.29) is 0 Å². The molecular formula is C11H14O. The van der Waals surface area contributed by atoms with Gasteiger partial charge in [-0.3, -0.25) is 0 Å². The molecule has 1 heteroatoms. The summed E-state index contributed by atoms with van der Waals surface area (Å²) in [6, 6.07) is 6.17. The number of allylic oxidation sites excluding steroid dienone is 1. The fraction of sp³-hybridized carbons (Fsp3) is 0.273. The van der Waals surface area contributed by atoms with Crippen molar-refractivity contribution in [3.05, 3.63) is 42.0 Å². The molecule has 0 saturated heterocycles. The highest BCUT2D eigenvalue weighted by molar-refractivity contribution is 5.37. The van der Waals surface area contributed by atoms with E-state index in [2.05, 4.69) is 19.6 Å². The summed E-state index contributed by atoms with van der Waals surface area (Å²) in [6.45, 7) is 5.78. The fourth-order valence-corrected chi connectivity index (χ4v) is 1.22. The summed E-state index contributed by atoms with van der Waals surface area (Å²) in [4.78, 5) is 0. The third-order valence-electron chi connectivity index (χ3n) is 1.80. The Labute approximate surface area is 73.7 Å².